The van der Waals surface area contributed by atoms with Crippen molar-refractivity contribution in [2.24, 2.45) is 4.99 Å². The van der Waals surface area contributed by atoms with Gasteiger partial charge >= 0.3 is 0 Å². The number of guanidine groups is 1. The van der Waals surface area contributed by atoms with Crippen LogP contribution in [0.15, 0.2) is 51.0 Å². The molecule has 7 nitrogen and oxygen atoms in total. The normalized spacial score (nSPS) is 12.0. The van der Waals surface area contributed by atoms with Crippen molar-refractivity contribution in [1.29, 1.82) is 0 Å². The topological polar surface area (TPSA) is 91.8 Å². The van der Waals surface area contributed by atoms with Gasteiger partial charge in [-0.05, 0) is 35.6 Å². The van der Waals surface area contributed by atoms with Crippen molar-refractivity contribution in [1.82, 2.24) is 15.4 Å². The van der Waals surface area contributed by atoms with Crippen molar-refractivity contribution >= 4 is 27.3 Å². The Balaban J connectivity index is 1.67. The van der Waals surface area contributed by atoms with Crippen LogP contribution in [0.5, 0.6) is 5.75 Å². The third kappa shape index (κ3) is 6.32. The van der Waals surface area contributed by atoms with Crippen molar-refractivity contribution in [3.8, 4) is 5.75 Å². The Kier molecular flexibility index (Phi) is 7.89. The van der Waals surface area contributed by atoms with E-state index in [9.17, 15) is 8.42 Å². The molecule has 0 radical (unpaired) electrons. The molecule has 1 heterocycles. The highest BCUT2D eigenvalue weighted by Gasteiger charge is 2.13. The van der Waals surface area contributed by atoms with E-state index in [-0.39, 0.29) is 6.54 Å². The number of aliphatic imine (C=N–C) groups is 1. The number of nitrogens with zero attached hydrogens (tertiary/aromatic N) is 1. The molecule has 26 heavy (non-hydrogen) atoms. The predicted octanol–water partition coefficient (Wildman–Crippen LogP) is 1.44. The van der Waals surface area contributed by atoms with Gasteiger partial charge < -0.3 is 15.4 Å². The van der Waals surface area contributed by atoms with E-state index in [1.54, 1.807) is 31.7 Å². The number of rotatable bonds is 9. The van der Waals surface area contributed by atoms with Gasteiger partial charge in [-0.15, -0.1) is 11.3 Å². The van der Waals surface area contributed by atoms with Gasteiger partial charge in [0.05, 0.1) is 7.11 Å². The lowest BCUT2D eigenvalue weighted by molar-refractivity contribution is 0.414. The molecule has 0 aliphatic carbocycles. The molecule has 142 valence electrons. The average Bonchev–Trinajstić information content (AvgIpc) is 3.20. The number of methoxy groups -OCH3 is 1. The molecule has 0 spiro atoms. The van der Waals surface area contributed by atoms with Gasteiger partial charge in [0.1, 0.15) is 9.96 Å². The minimum absolute atomic E-state index is 0.277. The Hall–Kier alpha value is -2.10. The third-order valence-corrected chi connectivity index (χ3v) is 6.42. The summed E-state index contributed by atoms with van der Waals surface area (Å²) >= 11 is 1.20. The van der Waals surface area contributed by atoms with Gasteiger partial charge in [0.15, 0.2) is 5.96 Å². The van der Waals surface area contributed by atoms with Crippen LogP contribution in [0.4, 0.5) is 0 Å². The summed E-state index contributed by atoms with van der Waals surface area (Å²) in [6.45, 7) is 1.43. The second-order valence-electron chi connectivity index (χ2n) is 5.35. The van der Waals surface area contributed by atoms with E-state index in [1.165, 1.54) is 16.9 Å². The van der Waals surface area contributed by atoms with Crippen molar-refractivity contribution in [2.75, 3.05) is 33.8 Å². The monoisotopic (exact) mass is 396 g/mol. The number of sulfonamides is 1. The highest BCUT2D eigenvalue weighted by Crippen LogP contribution is 2.14. The fourth-order valence-electron chi connectivity index (χ4n) is 2.19. The maximum absolute atomic E-state index is 12.0. The summed E-state index contributed by atoms with van der Waals surface area (Å²) in [7, 11) is -0.0977. The summed E-state index contributed by atoms with van der Waals surface area (Å²) in [5, 5.41) is 8.03. The Labute approximate surface area is 158 Å². The first kappa shape index (κ1) is 20.2. The van der Waals surface area contributed by atoms with Crippen LogP contribution in [0.3, 0.4) is 0 Å². The van der Waals surface area contributed by atoms with Gasteiger partial charge in [-0.1, -0.05) is 18.2 Å². The van der Waals surface area contributed by atoms with E-state index < -0.39 is 10.0 Å². The highest BCUT2D eigenvalue weighted by atomic mass is 32.2. The summed E-state index contributed by atoms with van der Waals surface area (Å²) in [4.78, 5) is 4.13. The van der Waals surface area contributed by atoms with Crippen molar-refractivity contribution in [3.63, 3.8) is 0 Å². The van der Waals surface area contributed by atoms with E-state index >= 15 is 0 Å². The van der Waals surface area contributed by atoms with Crippen molar-refractivity contribution in [2.45, 2.75) is 10.6 Å². The van der Waals surface area contributed by atoms with Crippen LogP contribution in [0, 0.1) is 0 Å². The number of hydrogen-bond donors (Lipinski definition) is 3. The predicted molar refractivity (Wildman–Crippen MR) is 106 cm³/mol. The number of ether oxygens (including phenoxy) is 1. The minimum Gasteiger partial charge on any atom is -0.497 e. The molecule has 0 atom stereocenters. The van der Waals surface area contributed by atoms with Crippen LogP contribution in [0.2, 0.25) is 0 Å². The molecule has 2 rings (SSSR count). The lowest BCUT2D eigenvalue weighted by atomic mass is 10.1. The van der Waals surface area contributed by atoms with Gasteiger partial charge in [-0.2, -0.15) is 0 Å². The molecule has 0 bridgehead atoms. The molecule has 3 N–H and O–H groups in total. The summed E-state index contributed by atoms with van der Waals surface area (Å²) in [6.07, 6.45) is 0.843. The average molecular weight is 397 g/mol. The van der Waals surface area contributed by atoms with E-state index in [4.69, 9.17) is 4.74 Å². The molecule has 0 fully saturated rings. The lowest BCUT2D eigenvalue weighted by Gasteiger charge is -2.12. The van der Waals surface area contributed by atoms with Crippen LogP contribution in [0.25, 0.3) is 0 Å². The van der Waals surface area contributed by atoms with Crippen LogP contribution in [-0.2, 0) is 16.4 Å². The van der Waals surface area contributed by atoms with E-state index in [0.717, 1.165) is 12.2 Å². The van der Waals surface area contributed by atoms with Gasteiger partial charge in [-0.25, -0.2) is 13.1 Å². The molecule has 1 aromatic carbocycles. The van der Waals surface area contributed by atoms with Gasteiger partial charge in [-0.3, -0.25) is 4.99 Å². The largest absolute Gasteiger partial charge is 0.497 e. The molecule has 0 aliphatic rings. The molecule has 0 saturated heterocycles. The number of benzene rings is 1. The highest BCUT2D eigenvalue weighted by molar-refractivity contribution is 7.91. The summed E-state index contributed by atoms with van der Waals surface area (Å²) in [5.74, 6) is 1.47. The first-order valence-electron chi connectivity index (χ1n) is 8.16. The molecule has 9 heteroatoms. The Morgan fingerprint density at radius 1 is 1.12 bits per heavy atom. The molecule has 0 unspecified atom stereocenters. The molecule has 0 saturated carbocycles. The molecule has 1 aromatic heterocycles. The molecule has 0 aliphatic heterocycles. The SMILES string of the molecule is CN=C(NCCNS(=O)(=O)c1cccs1)NCCc1ccc(OC)cc1. The van der Waals surface area contributed by atoms with E-state index in [1.807, 2.05) is 24.3 Å². The second kappa shape index (κ2) is 10.1. The Bertz CT molecular complexity index is 788. The number of hydrogen-bond acceptors (Lipinski definition) is 5. The second-order valence-corrected chi connectivity index (χ2v) is 8.30. The number of thiophene rings is 1. The van der Waals surface area contributed by atoms with Crippen molar-refractivity contribution in [3.05, 3.63) is 47.3 Å². The first-order chi connectivity index (χ1) is 12.5. The van der Waals surface area contributed by atoms with Gasteiger partial charge in [0.25, 0.3) is 0 Å². The maximum atomic E-state index is 12.0. The van der Waals surface area contributed by atoms with Crippen LogP contribution in [0.1, 0.15) is 5.56 Å². The summed E-state index contributed by atoms with van der Waals surface area (Å²) < 4.78 is 32.0. The Morgan fingerprint density at radius 2 is 1.85 bits per heavy atom. The number of nitrogens with one attached hydrogen (secondary N) is 3. The zero-order chi connectivity index (χ0) is 18.8. The summed E-state index contributed by atoms with van der Waals surface area (Å²) in [5.41, 5.74) is 1.19. The maximum Gasteiger partial charge on any atom is 0.250 e. The van der Waals surface area contributed by atoms with Gasteiger partial charge in [0.2, 0.25) is 10.0 Å². The van der Waals surface area contributed by atoms with Crippen LogP contribution < -0.4 is 20.1 Å². The fraction of sp³-hybridized carbons (Fsp3) is 0.353. The quantitative estimate of drug-likeness (QED) is 0.339. The third-order valence-electron chi connectivity index (χ3n) is 3.56. The first-order valence-corrected chi connectivity index (χ1v) is 10.5. The van der Waals surface area contributed by atoms with Crippen molar-refractivity contribution < 1.29 is 13.2 Å². The molecular formula is C17H24N4O3S2. The van der Waals surface area contributed by atoms with E-state index in [2.05, 4.69) is 20.3 Å². The molecule has 0 amide bonds. The molecule has 2 aromatic rings. The van der Waals surface area contributed by atoms with E-state index in [0.29, 0.717) is 23.3 Å². The lowest BCUT2D eigenvalue weighted by Crippen LogP contribution is -2.42. The Morgan fingerprint density at radius 3 is 2.46 bits per heavy atom. The fourth-order valence-corrected chi connectivity index (χ4v) is 4.26. The summed E-state index contributed by atoms with van der Waals surface area (Å²) in [6, 6.07) is 11.2. The smallest absolute Gasteiger partial charge is 0.250 e. The molecular weight excluding hydrogens is 372 g/mol. The minimum atomic E-state index is -3.42. The van der Waals surface area contributed by atoms with Crippen LogP contribution in [-0.4, -0.2) is 48.2 Å². The zero-order valence-corrected chi connectivity index (χ0v) is 16.5. The van der Waals surface area contributed by atoms with Gasteiger partial charge in [0, 0.05) is 26.7 Å². The van der Waals surface area contributed by atoms with Crippen LogP contribution >= 0.6 is 11.3 Å². The standard InChI is InChI=1S/C17H24N4O3S2/c1-18-17(19-10-9-14-5-7-15(24-2)8-6-14)20-11-12-21-26(22,23)16-4-3-13-25-16/h3-8,13,21H,9-12H2,1-2H3,(H2,18,19,20). The zero-order valence-electron chi connectivity index (χ0n) is 14.9.